The van der Waals surface area contributed by atoms with Crippen molar-refractivity contribution < 1.29 is 4.39 Å². The molecular formula is C18H27FN2. The lowest BCUT2D eigenvalue weighted by Crippen LogP contribution is -2.29. The molecule has 2 rings (SSSR count). The summed E-state index contributed by atoms with van der Waals surface area (Å²) in [5.74, 6) is 0.211. The van der Waals surface area contributed by atoms with Crippen LogP contribution in [0.25, 0.3) is 0 Å². The van der Waals surface area contributed by atoms with Gasteiger partial charge in [0.25, 0.3) is 0 Å². The molecule has 116 valence electrons. The Balaban J connectivity index is 0.00000106. The Hall–Kier alpha value is -1.40. The molecule has 1 saturated heterocycles. The maximum Gasteiger partial charge on any atom is 0.128 e. The number of halogens is 1. The van der Waals surface area contributed by atoms with E-state index < -0.39 is 0 Å². The van der Waals surface area contributed by atoms with Gasteiger partial charge in [0, 0.05) is 5.56 Å². The average Bonchev–Trinajstić information content (AvgIpc) is 2.48. The quantitative estimate of drug-likeness (QED) is 0.792. The van der Waals surface area contributed by atoms with Gasteiger partial charge in [-0.1, -0.05) is 27.7 Å². The Kier molecular flexibility index (Phi) is 6.84. The van der Waals surface area contributed by atoms with E-state index >= 15 is 0 Å². The van der Waals surface area contributed by atoms with Gasteiger partial charge in [0.1, 0.15) is 5.82 Å². The summed E-state index contributed by atoms with van der Waals surface area (Å²) >= 11 is 0. The zero-order valence-corrected chi connectivity index (χ0v) is 13.9. The van der Waals surface area contributed by atoms with E-state index in [1.165, 1.54) is 0 Å². The molecule has 0 amide bonds. The fourth-order valence-electron chi connectivity index (χ4n) is 2.90. The van der Waals surface area contributed by atoms with E-state index in [1.54, 1.807) is 6.07 Å². The number of hydrogen-bond acceptors (Lipinski definition) is 2. The molecule has 3 heteroatoms. The predicted octanol–water partition coefficient (Wildman–Crippen LogP) is 4.66. The van der Waals surface area contributed by atoms with Crippen LogP contribution in [0.4, 0.5) is 4.39 Å². The SMILES string of the molecule is CC.CC(C)c1c(F)cc(C2CCN(C)CC2)cc1C#N. The molecule has 0 atom stereocenters. The Morgan fingerprint density at radius 3 is 2.29 bits per heavy atom. The standard InChI is InChI=1S/C16H21FN2.C2H6/c1-11(2)16-14(10-18)8-13(9-15(16)17)12-4-6-19(3)7-5-12;1-2/h8-9,11-12H,4-7H2,1-3H3;1-2H3. The highest BCUT2D eigenvalue weighted by Gasteiger charge is 2.22. The first-order valence-corrected chi connectivity index (χ1v) is 7.95. The summed E-state index contributed by atoms with van der Waals surface area (Å²) in [7, 11) is 2.11. The van der Waals surface area contributed by atoms with E-state index in [-0.39, 0.29) is 11.7 Å². The van der Waals surface area contributed by atoms with Crippen molar-refractivity contribution in [3.05, 3.63) is 34.6 Å². The minimum Gasteiger partial charge on any atom is -0.306 e. The van der Waals surface area contributed by atoms with E-state index in [2.05, 4.69) is 18.0 Å². The molecule has 0 N–H and O–H groups in total. The number of rotatable bonds is 2. The molecule has 1 fully saturated rings. The van der Waals surface area contributed by atoms with Crippen LogP contribution in [0, 0.1) is 17.1 Å². The topological polar surface area (TPSA) is 27.0 Å². The Bertz CT molecular complexity index is 495. The second-order valence-corrected chi connectivity index (χ2v) is 5.81. The van der Waals surface area contributed by atoms with Gasteiger partial charge in [-0.15, -0.1) is 0 Å². The maximum absolute atomic E-state index is 14.2. The third-order valence-corrected chi connectivity index (χ3v) is 4.04. The predicted molar refractivity (Wildman–Crippen MR) is 86.0 cm³/mol. The van der Waals surface area contributed by atoms with Crippen molar-refractivity contribution in [2.24, 2.45) is 0 Å². The molecule has 2 nitrogen and oxygen atoms in total. The molecule has 1 aromatic rings. The Labute approximate surface area is 128 Å². The minimum absolute atomic E-state index is 0.0428. The highest BCUT2D eigenvalue weighted by Crippen LogP contribution is 2.32. The lowest BCUT2D eigenvalue weighted by Gasteiger charge is -2.29. The summed E-state index contributed by atoms with van der Waals surface area (Å²) in [4.78, 5) is 2.29. The number of piperidine rings is 1. The van der Waals surface area contributed by atoms with Crippen LogP contribution in [0.3, 0.4) is 0 Å². The lowest BCUT2D eigenvalue weighted by atomic mass is 9.86. The fourth-order valence-corrected chi connectivity index (χ4v) is 2.90. The zero-order chi connectivity index (χ0) is 16.0. The van der Waals surface area contributed by atoms with Crippen LogP contribution in [0.15, 0.2) is 12.1 Å². The molecule has 21 heavy (non-hydrogen) atoms. The average molecular weight is 290 g/mol. The molecule has 0 saturated carbocycles. The van der Waals surface area contributed by atoms with Crippen molar-refractivity contribution in [3.8, 4) is 6.07 Å². The summed E-state index contributed by atoms with van der Waals surface area (Å²) in [6.45, 7) is 9.93. The van der Waals surface area contributed by atoms with E-state index in [0.717, 1.165) is 31.5 Å². The molecule has 0 aliphatic carbocycles. The molecule has 0 radical (unpaired) electrons. The summed E-state index contributed by atoms with van der Waals surface area (Å²) in [6, 6.07) is 5.70. The summed E-state index contributed by atoms with van der Waals surface area (Å²) in [5.41, 5.74) is 2.05. The van der Waals surface area contributed by atoms with Crippen molar-refractivity contribution in [2.45, 2.75) is 52.4 Å². The highest BCUT2D eigenvalue weighted by molar-refractivity contribution is 5.44. The molecule has 0 unspecified atom stereocenters. The van der Waals surface area contributed by atoms with Gasteiger partial charge in [-0.3, -0.25) is 0 Å². The third kappa shape index (κ3) is 4.28. The van der Waals surface area contributed by atoms with Crippen molar-refractivity contribution in [2.75, 3.05) is 20.1 Å². The first-order valence-electron chi connectivity index (χ1n) is 7.95. The van der Waals surface area contributed by atoms with Crippen molar-refractivity contribution >= 4 is 0 Å². The van der Waals surface area contributed by atoms with Crippen LogP contribution in [-0.4, -0.2) is 25.0 Å². The molecule has 1 aliphatic rings. The van der Waals surface area contributed by atoms with Gasteiger partial charge in [-0.05, 0) is 62.5 Å². The van der Waals surface area contributed by atoms with E-state index in [0.29, 0.717) is 17.0 Å². The normalized spacial score (nSPS) is 16.3. The molecule has 1 aromatic carbocycles. The van der Waals surface area contributed by atoms with Crippen LogP contribution in [0.1, 0.15) is 69.1 Å². The molecule has 1 heterocycles. The number of benzene rings is 1. The zero-order valence-electron chi connectivity index (χ0n) is 13.9. The van der Waals surface area contributed by atoms with Crippen LogP contribution >= 0.6 is 0 Å². The van der Waals surface area contributed by atoms with E-state index in [4.69, 9.17) is 0 Å². The second kappa shape index (κ2) is 8.14. The van der Waals surface area contributed by atoms with Gasteiger partial charge in [0.2, 0.25) is 0 Å². The second-order valence-electron chi connectivity index (χ2n) is 5.81. The van der Waals surface area contributed by atoms with Crippen LogP contribution in [0.5, 0.6) is 0 Å². The Morgan fingerprint density at radius 1 is 1.24 bits per heavy atom. The van der Waals surface area contributed by atoms with Crippen LogP contribution < -0.4 is 0 Å². The summed E-state index contributed by atoms with van der Waals surface area (Å²) in [6.07, 6.45) is 2.09. The molecule has 0 aromatic heterocycles. The number of hydrogen-bond donors (Lipinski definition) is 0. The maximum atomic E-state index is 14.2. The van der Waals surface area contributed by atoms with Gasteiger partial charge < -0.3 is 4.90 Å². The number of nitriles is 1. The van der Waals surface area contributed by atoms with Gasteiger partial charge in [0.15, 0.2) is 0 Å². The highest BCUT2D eigenvalue weighted by atomic mass is 19.1. The van der Waals surface area contributed by atoms with E-state index in [9.17, 15) is 9.65 Å². The van der Waals surface area contributed by atoms with Gasteiger partial charge in [0.05, 0.1) is 11.6 Å². The van der Waals surface area contributed by atoms with Gasteiger partial charge >= 0.3 is 0 Å². The van der Waals surface area contributed by atoms with Gasteiger partial charge in [-0.25, -0.2) is 4.39 Å². The molecule has 1 aliphatic heterocycles. The summed E-state index contributed by atoms with van der Waals surface area (Å²) < 4.78 is 14.2. The smallest absolute Gasteiger partial charge is 0.128 e. The fraction of sp³-hybridized carbons (Fsp3) is 0.611. The van der Waals surface area contributed by atoms with Crippen LogP contribution in [-0.2, 0) is 0 Å². The first-order chi connectivity index (χ1) is 10.0. The van der Waals surface area contributed by atoms with Crippen molar-refractivity contribution in [1.82, 2.24) is 4.90 Å². The molecule has 0 bridgehead atoms. The summed E-state index contributed by atoms with van der Waals surface area (Å²) in [5, 5.41) is 9.23. The Morgan fingerprint density at radius 2 is 1.81 bits per heavy atom. The van der Waals surface area contributed by atoms with Crippen molar-refractivity contribution in [3.63, 3.8) is 0 Å². The number of nitrogens with zero attached hydrogens (tertiary/aromatic N) is 2. The van der Waals surface area contributed by atoms with Crippen molar-refractivity contribution in [1.29, 1.82) is 5.26 Å². The number of likely N-dealkylation sites (tertiary alicyclic amines) is 1. The van der Waals surface area contributed by atoms with Gasteiger partial charge in [-0.2, -0.15) is 5.26 Å². The molecule has 0 spiro atoms. The third-order valence-electron chi connectivity index (χ3n) is 4.04. The first kappa shape index (κ1) is 17.7. The minimum atomic E-state index is -0.219. The largest absolute Gasteiger partial charge is 0.306 e. The lowest BCUT2D eigenvalue weighted by molar-refractivity contribution is 0.255. The van der Waals surface area contributed by atoms with E-state index in [1.807, 2.05) is 33.8 Å². The monoisotopic (exact) mass is 290 g/mol. The van der Waals surface area contributed by atoms with Crippen LogP contribution in [0.2, 0.25) is 0 Å². The molecular weight excluding hydrogens is 263 g/mol.